The number of amides is 2. The first-order chi connectivity index (χ1) is 16.0. The number of rotatable bonds is 8. The van der Waals surface area contributed by atoms with Crippen LogP contribution in [0.15, 0.2) is 54.6 Å². The monoisotopic (exact) mass is 458 g/mol. The molecule has 1 aliphatic carbocycles. The number of carbonyl (C=O) groups excluding carboxylic acids is 2. The van der Waals surface area contributed by atoms with E-state index in [1.807, 2.05) is 36.4 Å². The van der Waals surface area contributed by atoms with Crippen molar-refractivity contribution in [3.8, 4) is 10.4 Å². The number of para-hydroxylation sites is 1. The Morgan fingerprint density at radius 2 is 1.76 bits per heavy atom. The molecule has 0 radical (unpaired) electrons. The highest BCUT2D eigenvalue weighted by Gasteiger charge is 2.16. The Morgan fingerprint density at radius 1 is 1.03 bits per heavy atom. The van der Waals surface area contributed by atoms with E-state index in [4.69, 9.17) is 11.1 Å². The Balaban J connectivity index is 1.40. The van der Waals surface area contributed by atoms with E-state index in [1.165, 1.54) is 16.7 Å². The lowest BCUT2D eigenvalue weighted by Gasteiger charge is -2.12. The smallest absolute Gasteiger partial charge is 0.224 e. The number of nitrogens with two attached hydrogens (primary N) is 1. The molecule has 1 aliphatic rings. The van der Waals surface area contributed by atoms with Crippen molar-refractivity contribution in [3.63, 3.8) is 0 Å². The minimum Gasteiger partial charge on any atom is -0.398 e. The van der Waals surface area contributed by atoms with Gasteiger partial charge in [0.1, 0.15) is 0 Å². The van der Waals surface area contributed by atoms with Crippen molar-refractivity contribution >= 4 is 52.5 Å². The quantitative estimate of drug-likeness (QED) is 0.257. The van der Waals surface area contributed by atoms with Gasteiger partial charge in [0.2, 0.25) is 11.8 Å². The predicted octanol–water partition coefficient (Wildman–Crippen LogP) is 5.70. The second kappa shape index (κ2) is 10.3. The Kier molecular flexibility index (Phi) is 7.00. The highest BCUT2D eigenvalue weighted by atomic mass is 32.1. The van der Waals surface area contributed by atoms with Gasteiger partial charge >= 0.3 is 0 Å². The van der Waals surface area contributed by atoms with E-state index in [2.05, 4.69) is 28.9 Å². The summed E-state index contributed by atoms with van der Waals surface area (Å²) in [4.78, 5) is 26.8. The fraction of sp³-hybridized carbons (Fsp3) is 0.192. The number of hydrogen-bond donors (Lipinski definition) is 4. The summed E-state index contributed by atoms with van der Waals surface area (Å²) in [6, 6.07) is 15.0. The van der Waals surface area contributed by atoms with Crippen molar-refractivity contribution in [2.24, 2.45) is 0 Å². The number of benzene rings is 2. The molecule has 1 aromatic heterocycles. The van der Waals surface area contributed by atoms with Gasteiger partial charge in [0.25, 0.3) is 0 Å². The number of fused-ring (bicyclic) bond motifs is 1. The number of nitrogen functional groups attached to an aromatic ring is 1. The van der Waals surface area contributed by atoms with Crippen LogP contribution in [0.3, 0.4) is 0 Å². The third-order valence-electron chi connectivity index (χ3n) is 5.47. The molecule has 0 atom stereocenters. The lowest BCUT2D eigenvalue weighted by atomic mass is 10.0. The molecule has 2 aromatic carbocycles. The average molecular weight is 459 g/mol. The zero-order valence-corrected chi connectivity index (χ0v) is 19.0. The molecular weight excluding hydrogens is 432 g/mol. The molecule has 1 heterocycles. The predicted molar refractivity (Wildman–Crippen MR) is 137 cm³/mol. The summed E-state index contributed by atoms with van der Waals surface area (Å²) in [5, 5.41) is 13.5. The van der Waals surface area contributed by atoms with Crippen LogP contribution in [-0.4, -0.2) is 18.0 Å². The Bertz CT molecular complexity index is 1210. The first kappa shape index (κ1) is 22.5. The molecule has 0 fully saturated rings. The molecule has 0 aliphatic heterocycles. The van der Waals surface area contributed by atoms with Gasteiger partial charge in [0, 0.05) is 57.0 Å². The lowest BCUT2D eigenvalue weighted by Crippen LogP contribution is -2.15. The summed E-state index contributed by atoms with van der Waals surface area (Å²) < 4.78 is 0. The van der Waals surface area contributed by atoms with E-state index in [1.54, 1.807) is 17.4 Å². The maximum absolute atomic E-state index is 12.5. The molecule has 0 spiro atoms. The van der Waals surface area contributed by atoms with Crippen LogP contribution < -0.4 is 16.4 Å². The number of nitrogens with one attached hydrogen (secondary N) is 3. The summed E-state index contributed by atoms with van der Waals surface area (Å²) in [5.74, 6) is -0.298. The molecule has 168 valence electrons. The summed E-state index contributed by atoms with van der Waals surface area (Å²) in [6.07, 6.45) is 8.47. The summed E-state index contributed by atoms with van der Waals surface area (Å²) >= 11 is 1.67. The van der Waals surface area contributed by atoms with Crippen LogP contribution in [0.1, 0.15) is 41.7 Å². The molecule has 6 nitrogen and oxygen atoms in total. The summed E-state index contributed by atoms with van der Waals surface area (Å²) in [5.41, 5.74) is 10.9. The summed E-state index contributed by atoms with van der Waals surface area (Å²) in [7, 11) is 0. The fourth-order valence-corrected chi connectivity index (χ4v) is 4.96. The first-order valence-electron chi connectivity index (χ1n) is 10.9. The molecule has 2 amide bonds. The van der Waals surface area contributed by atoms with Crippen molar-refractivity contribution in [2.75, 3.05) is 16.4 Å². The highest BCUT2D eigenvalue weighted by molar-refractivity contribution is 7.16. The Morgan fingerprint density at radius 3 is 2.45 bits per heavy atom. The van der Waals surface area contributed by atoms with Gasteiger partial charge < -0.3 is 21.8 Å². The van der Waals surface area contributed by atoms with Crippen LogP contribution in [-0.2, 0) is 16.0 Å². The highest BCUT2D eigenvalue weighted by Crippen LogP contribution is 2.39. The van der Waals surface area contributed by atoms with E-state index in [0.717, 1.165) is 29.0 Å². The van der Waals surface area contributed by atoms with Gasteiger partial charge in [-0.15, -0.1) is 11.3 Å². The summed E-state index contributed by atoms with van der Waals surface area (Å²) in [6.45, 7) is 0. The standard InChI is InChI=1S/C26H26N4O2S/c27-16-18-13-20(15-21(26(18)28)23-14-17-7-4-5-10-22(17)33-23)30-25(32)12-6-11-24(31)29-19-8-2-1-3-9-19/h1-3,5,8-10,13-16,27H,4,6-7,11-12,28H2,(H,29,31)(H,30,32). The van der Waals surface area contributed by atoms with Crippen LogP contribution in [0.4, 0.5) is 17.1 Å². The van der Waals surface area contributed by atoms with Gasteiger partial charge in [0.05, 0.1) is 0 Å². The van der Waals surface area contributed by atoms with Crippen LogP contribution in [0, 0.1) is 5.41 Å². The molecule has 0 bridgehead atoms. The molecule has 0 unspecified atom stereocenters. The number of anilines is 3. The SMILES string of the molecule is N=Cc1cc(NC(=O)CCCC(=O)Nc2ccccc2)cc(-c2cc3c(s2)C=CCC3)c1N. The van der Waals surface area contributed by atoms with Crippen LogP contribution in [0.5, 0.6) is 0 Å². The molecular formula is C26H26N4O2S. The van der Waals surface area contributed by atoms with Crippen LogP contribution >= 0.6 is 11.3 Å². The van der Waals surface area contributed by atoms with Crippen molar-refractivity contribution < 1.29 is 9.59 Å². The number of hydrogen-bond acceptors (Lipinski definition) is 5. The maximum Gasteiger partial charge on any atom is 0.224 e. The van der Waals surface area contributed by atoms with E-state index in [0.29, 0.717) is 23.4 Å². The van der Waals surface area contributed by atoms with Crippen molar-refractivity contribution in [2.45, 2.75) is 32.1 Å². The van der Waals surface area contributed by atoms with E-state index < -0.39 is 0 Å². The number of allylic oxidation sites excluding steroid dienone is 1. The molecule has 7 heteroatoms. The van der Waals surface area contributed by atoms with Crippen LogP contribution in [0.2, 0.25) is 0 Å². The maximum atomic E-state index is 12.5. The third-order valence-corrected chi connectivity index (χ3v) is 6.65. The lowest BCUT2D eigenvalue weighted by molar-refractivity contribution is -0.117. The zero-order valence-electron chi connectivity index (χ0n) is 18.2. The second-order valence-electron chi connectivity index (χ2n) is 7.93. The first-order valence-corrected chi connectivity index (χ1v) is 11.7. The molecule has 0 saturated heterocycles. The van der Waals surface area contributed by atoms with E-state index in [-0.39, 0.29) is 24.7 Å². The fourth-order valence-electron chi connectivity index (χ4n) is 3.79. The van der Waals surface area contributed by atoms with Crippen molar-refractivity contribution in [1.29, 1.82) is 5.41 Å². The number of aryl methyl sites for hydroxylation is 1. The topological polar surface area (TPSA) is 108 Å². The van der Waals surface area contributed by atoms with Gasteiger partial charge in [-0.2, -0.15) is 0 Å². The Hall–Kier alpha value is -3.71. The Labute approximate surface area is 197 Å². The van der Waals surface area contributed by atoms with E-state index >= 15 is 0 Å². The zero-order chi connectivity index (χ0) is 23.2. The third kappa shape index (κ3) is 5.56. The number of thiophene rings is 1. The van der Waals surface area contributed by atoms with Gasteiger partial charge in [-0.3, -0.25) is 9.59 Å². The minimum absolute atomic E-state index is 0.120. The van der Waals surface area contributed by atoms with Crippen molar-refractivity contribution in [3.05, 3.63) is 70.6 Å². The minimum atomic E-state index is -0.178. The van der Waals surface area contributed by atoms with Crippen LogP contribution in [0.25, 0.3) is 16.5 Å². The van der Waals surface area contributed by atoms with Crippen molar-refractivity contribution in [1.82, 2.24) is 0 Å². The second-order valence-corrected chi connectivity index (χ2v) is 9.01. The number of carbonyl (C=O) groups is 2. The molecule has 33 heavy (non-hydrogen) atoms. The average Bonchev–Trinajstić information content (AvgIpc) is 3.25. The molecule has 5 N–H and O–H groups in total. The largest absolute Gasteiger partial charge is 0.398 e. The van der Waals surface area contributed by atoms with E-state index in [9.17, 15) is 9.59 Å². The molecule has 0 saturated carbocycles. The normalized spacial score (nSPS) is 12.1. The molecule has 3 aromatic rings. The van der Waals surface area contributed by atoms with Gasteiger partial charge in [-0.25, -0.2) is 0 Å². The van der Waals surface area contributed by atoms with Gasteiger partial charge in [0.15, 0.2) is 0 Å². The molecule has 4 rings (SSSR count). The van der Waals surface area contributed by atoms with Gasteiger partial charge in [-0.05, 0) is 61.2 Å². The van der Waals surface area contributed by atoms with Gasteiger partial charge in [-0.1, -0.05) is 24.3 Å².